The lowest BCUT2D eigenvalue weighted by Crippen LogP contribution is -2.38. The van der Waals surface area contributed by atoms with Crippen molar-refractivity contribution in [2.24, 2.45) is 0 Å². The first-order valence-electron chi connectivity index (χ1n) is 5.51. The van der Waals surface area contributed by atoms with Crippen molar-refractivity contribution in [1.82, 2.24) is 0 Å². The van der Waals surface area contributed by atoms with Crippen LogP contribution in [0.5, 0.6) is 0 Å². The number of hydrogen-bond acceptors (Lipinski definition) is 4. The monoisotopic (exact) mass is 289 g/mol. The van der Waals surface area contributed by atoms with Gasteiger partial charge < -0.3 is 10.4 Å². The third-order valence-electron chi connectivity index (χ3n) is 2.92. The Morgan fingerprint density at radius 1 is 1.42 bits per heavy atom. The highest BCUT2D eigenvalue weighted by molar-refractivity contribution is 7.92. The van der Waals surface area contributed by atoms with Gasteiger partial charge in [0.05, 0.1) is 16.0 Å². The molecule has 0 aliphatic heterocycles. The number of benzene rings is 1. The molecule has 0 aliphatic rings. The van der Waals surface area contributed by atoms with Crippen molar-refractivity contribution in [2.45, 2.75) is 18.6 Å². The summed E-state index contributed by atoms with van der Waals surface area (Å²) < 4.78 is 35.5. The first kappa shape index (κ1) is 15.4. The van der Waals surface area contributed by atoms with Crippen molar-refractivity contribution in [3.63, 3.8) is 0 Å². The van der Waals surface area contributed by atoms with E-state index >= 15 is 0 Å². The van der Waals surface area contributed by atoms with Gasteiger partial charge in [0.25, 0.3) is 0 Å². The highest BCUT2D eigenvalue weighted by Gasteiger charge is 2.30. The number of anilines is 1. The van der Waals surface area contributed by atoms with E-state index in [-0.39, 0.29) is 17.8 Å². The fourth-order valence-corrected chi connectivity index (χ4v) is 1.57. The third-order valence-corrected chi connectivity index (χ3v) is 5.08. The fraction of sp³-hybridized carbons (Fsp3) is 0.417. The zero-order chi connectivity index (χ0) is 14.8. The second kappa shape index (κ2) is 5.16. The number of sulfone groups is 1. The summed E-state index contributed by atoms with van der Waals surface area (Å²) in [6.07, 6.45) is 1.11. The Labute approximate surface area is 111 Å². The van der Waals surface area contributed by atoms with Gasteiger partial charge in [-0.1, -0.05) is 0 Å². The van der Waals surface area contributed by atoms with Gasteiger partial charge in [-0.2, -0.15) is 0 Å². The standard InChI is InChI=1S/C12H16FNO4S/c1-12(2,19(3,17)18)7-14-10-5-4-8(11(15)16)6-9(10)13/h4-6,14H,7H2,1-3H3,(H,15,16). The molecule has 1 rings (SSSR count). The summed E-state index contributed by atoms with van der Waals surface area (Å²) in [4.78, 5) is 10.6. The van der Waals surface area contributed by atoms with Crippen LogP contribution < -0.4 is 5.32 Å². The zero-order valence-corrected chi connectivity index (χ0v) is 11.7. The largest absolute Gasteiger partial charge is 0.478 e. The van der Waals surface area contributed by atoms with Gasteiger partial charge in [-0.3, -0.25) is 0 Å². The van der Waals surface area contributed by atoms with Gasteiger partial charge in [-0.25, -0.2) is 17.6 Å². The third kappa shape index (κ3) is 3.66. The van der Waals surface area contributed by atoms with Crippen LogP contribution in [0.15, 0.2) is 18.2 Å². The smallest absolute Gasteiger partial charge is 0.335 e. The Morgan fingerprint density at radius 2 is 2.00 bits per heavy atom. The quantitative estimate of drug-likeness (QED) is 0.863. The topological polar surface area (TPSA) is 83.5 Å². The minimum Gasteiger partial charge on any atom is -0.478 e. The highest BCUT2D eigenvalue weighted by atomic mass is 32.2. The molecule has 0 spiro atoms. The van der Waals surface area contributed by atoms with Crippen LogP contribution in [0.1, 0.15) is 24.2 Å². The Balaban J connectivity index is 2.88. The molecule has 2 N–H and O–H groups in total. The van der Waals surface area contributed by atoms with Crippen LogP contribution in [0.25, 0.3) is 0 Å². The lowest BCUT2D eigenvalue weighted by molar-refractivity contribution is 0.0696. The molecule has 1 aromatic rings. The van der Waals surface area contributed by atoms with E-state index in [4.69, 9.17) is 5.11 Å². The lowest BCUT2D eigenvalue weighted by atomic mass is 10.1. The molecule has 0 aliphatic carbocycles. The first-order chi connectivity index (χ1) is 8.54. The molecule has 7 heteroatoms. The van der Waals surface area contributed by atoms with Crippen LogP contribution >= 0.6 is 0 Å². The van der Waals surface area contributed by atoms with Crippen LogP contribution in [0.2, 0.25) is 0 Å². The molecule has 0 unspecified atom stereocenters. The van der Waals surface area contributed by atoms with Crippen molar-refractivity contribution >= 4 is 21.5 Å². The summed E-state index contributed by atoms with van der Waals surface area (Å²) >= 11 is 0. The lowest BCUT2D eigenvalue weighted by Gasteiger charge is -2.23. The van der Waals surface area contributed by atoms with Gasteiger partial charge >= 0.3 is 5.97 Å². The number of hydrogen-bond donors (Lipinski definition) is 2. The van der Waals surface area contributed by atoms with Crippen molar-refractivity contribution in [1.29, 1.82) is 0 Å². The fourth-order valence-electron chi connectivity index (χ4n) is 1.23. The maximum atomic E-state index is 13.6. The highest BCUT2D eigenvalue weighted by Crippen LogP contribution is 2.20. The predicted octanol–water partition coefficient (Wildman–Crippen LogP) is 1.76. The molecule has 5 nitrogen and oxygen atoms in total. The molecule has 0 bridgehead atoms. The molecule has 0 radical (unpaired) electrons. The maximum Gasteiger partial charge on any atom is 0.335 e. The number of carboxylic acids is 1. The molecule has 0 heterocycles. The Morgan fingerprint density at radius 3 is 2.42 bits per heavy atom. The molecule has 0 fully saturated rings. The van der Waals surface area contributed by atoms with Gasteiger partial charge in [-0.05, 0) is 32.0 Å². The second-order valence-electron chi connectivity index (χ2n) is 4.89. The van der Waals surface area contributed by atoms with Crippen LogP contribution in [0, 0.1) is 5.82 Å². The number of carbonyl (C=O) groups is 1. The number of nitrogens with one attached hydrogen (secondary N) is 1. The average molecular weight is 289 g/mol. The van der Waals surface area contributed by atoms with Gasteiger partial charge in [0, 0.05) is 12.8 Å². The Hall–Kier alpha value is -1.63. The van der Waals surface area contributed by atoms with E-state index < -0.39 is 26.4 Å². The van der Waals surface area contributed by atoms with Crippen LogP contribution in [-0.2, 0) is 9.84 Å². The summed E-state index contributed by atoms with van der Waals surface area (Å²) in [5.41, 5.74) is -0.0906. The van der Waals surface area contributed by atoms with Crippen molar-refractivity contribution in [3.05, 3.63) is 29.6 Å². The molecular formula is C12H16FNO4S. The van der Waals surface area contributed by atoms with E-state index in [1.165, 1.54) is 26.0 Å². The molecule has 0 saturated carbocycles. The molecule has 19 heavy (non-hydrogen) atoms. The summed E-state index contributed by atoms with van der Waals surface area (Å²) in [6, 6.07) is 3.41. The average Bonchev–Trinajstić information content (AvgIpc) is 2.25. The van der Waals surface area contributed by atoms with E-state index in [0.717, 1.165) is 12.3 Å². The van der Waals surface area contributed by atoms with Crippen molar-refractivity contribution < 1.29 is 22.7 Å². The van der Waals surface area contributed by atoms with Gasteiger partial charge in [0.1, 0.15) is 5.82 Å². The van der Waals surface area contributed by atoms with Crippen LogP contribution in [0.4, 0.5) is 10.1 Å². The van der Waals surface area contributed by atoms with E-state index in [0.29, 0.717) is 0 Å². The number of halogens is 1. The molecule has 0 atom stereocenters. The molecule has 0 amide bonds. The van der Waals surface area contributed by atoms with E-state index in [2.05, 4.69) is 5.32 Å². The van der Waals surface area contributed by atoms with Crippen molar-refractivity contribution in [3.8, 4) is 0 Å². The number of rotatable bonds is 5. The Kier molecular flexibility index (Phi) is 4.19. The molecule has 1 aromatic carbocycles. The molecule has 0 saturated heterocycles. The van der Waals surface area contributed by atoms with Crippen LogP contribution in [0.3, 0.4) is 0 Å². The summed E-state index contributed by atoms with van der Waals surface area (Å²) in [5, 5.41) is 11.4. The van der Waals surface area contributed by atoms with Gasteiger partial charge in [-0.15, -0.1) is 0 Å². The maximum absolute atomic E-state index is 13.6. The minimum atomic E-state index is -3.29. The zero-order valence-electron chi connectivity index (χ0n) is 10.9. The predicted molar refractivity (Wildman–Crippen MR) is 70.8 cm³/mol. The van der Waals surface area contributed by atoms with Gasteiger partial charge in [0.15, 0.2) is 9.84 Å². The second-order valence-corrected chi connectivity index (χ2v) is 7.53. The van der Waals surface area contributed by atoms with Gasteiger partial charge in [0.2, 0.25) is 0 Å². The number of carboxylic acid groups (broad SMARTS) is 1. The molecular weight excluding hydrogens is 273 g/mol. The number of aromatic carboxylic acids is 1. The SMILES string of the molecule is CC(C)(CNc1ccc(C(=O)O)cc1F)S(C)(=O)=O. The summed E-state index contributed by atoms with van der Waals surface area (Å²) in [5.74, 6) is -1.95. The van der Waals surface area contributed by atoms with E-state index in [9.17, 15) is 17.6 Å². The normalized spacial score (nSPS) is 12.2. The van der Waals surface area contributed by atoms with Crippen LogP contribution in [-0.4, -0.2) is 37.0 Å². The van der Waals surface area contributed by atoms with E-state index in [1.54, 1.807) is 0 Å². The van der Waals surface area contributed by atoms with Crippen molar-refractivity contribution in [2.75, 3.05) is 18.1 Å². The Bertz CT molecular complexity index is 596. The summed E-state index contributed by atoms with van der Waals surface area (Å²) in [6.45, 7) is 3.08. The minimum absolute atomic E-state index is 0.0230. The first-order valence-corrected chi connectivity index (χ1v) is 7.40. The van der Waals surface area contributed by atoms with E-state index in [1.807, 2.05) is 0 Å². The summed E-state index contributed by atoms with van der Waals surface area (Å²) in [7, 11) is -3.29. The molecule has 106 valence electrons. The molecule has 0 aromatic heterocycles.